The Bertz CT molecular complexity index is 976. The van der Waals surface area contributed by atoms with Crippen molar-refractivity contribution < 1.29 is 18.1 Å². The second-order valence-corrected chi connectivity index (χ2v) is 10.7. The third-order valence-electron chi connectivity index (χ3n) is 4.30. The van der Waals surface area contributed by atoms with Crippen LogP contribution in [0.2, 0.25) is 0 Å². The first-order chi connectivity index (χ1) is 12.9. The summed E-state index contributed by atoms with van der Waals surface area (Å²) in [6.07, 6.45) is 0. The number of benzene rings is 1. The normalized spacial score (nSPS) is 16.0. The van der Waals surface area contributed by atoms with Crippen LogP contribution in [0.15, 0.2) is 44.4 Å². The van der Waals surface area contributed by atoms with E-state index in [-0.39, 0.29) is 12.5 Å². The van der Waals surface area contributed by atoms with Gasteiger partial charge in [-0.1, -0.05) is 12.1 Å². The summed E-state index contributed by atoms with van der Waals surface area (Å²) < 4.78 is 27.8. The lowest BCUT2D eigenvalue weighted by molar-refractivity contribution is -0.895. The van der Waals surface area contributed by atoms with Crippen LogP contribution in [0.25, 0.3) is 0 Å². The van der Waals surface area contributed by atoms with Crippen molar-refractivity contribution in [2.75, 3.05) is 38.0 Å². The molecule has 10 heteroatoms. The van der Waals surface area contributed by atoms with Crippen LogP contribution < -0.4 is 10.2 Å². The second-order valence-electron chi connectivity index (χ2n) is 6.09. The standard InChI is InChI=1S/C17H17BrN4O3S2/c18-15-5-6-17(26-15)27(24,25)22-9-7-21(8-10-22)12-16(23)20-14-4-2-1-3-13(14)11-19/h1-6H,7-10,12H2,(H,20,23)/p+1. The number of halogens is 1. The molecule has 0 saturated carbocycles. The second kappa shape index (κ2) is 8.50. The minimum atomic E-state index is -3.48. The average Bonchev–Trinajstić information content (AvgIpc) is 3.10. The lowest BCUT2D eigenvalue weighted by Crippen LogP contribution is -3.15. The van der Waals surface area contributed by atoms with Crippen molar-refractivity contribution >= 4 is 48.9 Å². The van der Waals surface area contributed by atoms with E-state index in [2.05, 4.69) is 21.2 Å². The Kier molecular flexibility index (Phi) is 6.29. The summed E-state index contributed by atoms with van der Waals surface area (Å²) in [4.78, 5) is 13.3. The number of hydrogen-bond acceptors (Lipinski definition) is 5. The number of nitrogens with zero attached hydrogens (tertiary/aromatic N) is 2. The molecule has 1 aromatic heterocycles. The van der Waals surface area contributed by atoms with E-state index in [9.17, 15) is 13.2 Å². The molecule has 7 nitrogen and oxygen atoms in total. The van der Waals surface area contributed by atoms with Gasteiger partial charge in [-0.05, 0) is 40.2 Å². The number of piperazine rings is 1. The number of quaternary nitrogens is 1. The lowest BCUT2D eigenvalue weighted by atomic mass is 10.2. The number of anilines is 1. The Morgan fingerprint density at radius 1 is 1.26 bits per heavy atom. The van der Waals surface area contributed by atoms with E-state index in [0.29, 0.717) is 41.6 Å². The van der Waals surface area contributed by atoms with Gasteiger partial charge < -0.3 is 10.2 Å². The summed E-state index contributed by atoms with van der Waals surface area (Å²) in [5, 5.41) is 11.8. The van der Waals surface area contributed by atoms with Crippen molar-refractivity contribution in [3.63, 3.8) is 0 Å². The minimum absolute atomic E-state index is 0.189. The zero-order chi connectivity index (χ0) is 19.4. The highest BCUT2D eigenvalue weighted by Gasteiger charge is 2.32. The maximum atomic E-state index is 12.6. The van der Waals surface area contributed by atoms with Gasteiger partial charge >= 0.3 is 0 Å². The molecule has 0 aliphatic carbocycles. The highest BCUT2D eigenvalue weighted by Crippen LogP contribution is 2.28. The number of amides is 1. The average molecular weight is 470 g/mol. The predicted octanol–water partition coefficient (Wildman–Crippen LogP) is 0.910. The van der Waals surface area contributed by atoms with E-state index in [4.69, 9.17) is 5.26 Å². The minimum Gasteiger partial charge on any atom is -0.325 e. The van der Waals surface area contributed by atoms with Gasteiger partial charge in [0.2, 0.25) is 0 Å². The van der Waals surface area contributed by atoms with Gasteiger partial charge in [-0.25, -0.2) is 8.42 Å². The maximum Gasteiger partial charge on any atom is 0.279 e. The molecule has 1 aromatic carbocycles. The number of rotatable bonds is 5. The molecular weight excluding hydrogens is 452 g/mol. The Hall–Kier alpha value is -1.77. The third kappa shape index (κ3) is 4.75. The van der Waals surface area contributed by atoms with Crippen LogP contribution in [0, 0.1) is 11.3 Å². The summed E-state index contributed by atoms with van der Waals surface area (Å²) in [5.74, 6) is -0.189. The fraction of sp³-hybridized carbons (Fsp3) is 0.294. The third-order valence-corrected chi connectivity index (χ3v) is 8.29. The Balaban J connectivity index is 1.55. The van der Waals surface area contributed by atoms with Gasteiger partial charge in [0.25, 0.3) is 15.9 Å². The number of carbonyl (C=O) groups excluding carboxylic acids is 1. The van der Waals surface area contributed by atoms with Crippen molar-refractivity contribution in [1.29, 1.82) is 5.26 Å². The van der Waals surface area contributed by atoms with E-state index < -0.39 is 10.0 Å². The Morgan fingerprint density at radius 3 is 2.59 bits per heavy atom. The first kappa shape index (κ1) is 20.0. The summed E-state index contributed by atoms with van der Waals surface area (Å²) in [6, 6.07) is 12.2. The predicted molar refractivity (Wildman–Crippen MR) is 106 cm³/mol. The van der Waals surface area contributed by atoms with Gasteiger partial charge in [0, 0.05) is 0 Å². The molecule has 2 heterocycles. The Labute approximate surface area is 170 Å². The molecular formula is C17H18BrN4O3S2+. The van der Waals surface area contributed by atoms with E-state index in [1.165, 1.54) is 15.6 Å². The number of hydrogen-bond donors (Lipinski definition) is 2. The molecule has 2 N–H and O–H groups in total. The first-order valence-electron chi connectivity index (χ1n) is 8.28. The zero-order valence-electron chi connectivity index (χ0n) is 14.3. The highest BCUT2D eigenvalue weighted by molar-refractivity contribution is 9.11. The van der Waals surface area contributed by atoms with E-state index >= 15 is 0 Å². The fourth-order valence-electron chi connectivity index (χ4n) is 2.89. The summed E-state index contributed by atoms with van der Waals surface area (Å²) in [7, 11) is -3.48. The molecule has 0 atom stereocenters. The molecule has 2 aromatic rings. The van der Waals surface area contributed by atoms with Crippen LogP contribution in [0.1, 0.15) is 5.56 Å². The summed E-state index contributed by atoms with van der Waals surface area (Å²) in [5.41, 5.74) is 0.910. The number of nitrogens with one attached hydrogen (secondary N) is 2. The Morgan fingerprint density at radius 2 is 1.96 bits per heavy atom. The topological polar surface area (TPSA) is 94.7 Å². The van der Waals surface area contributed by atoms with Gasteiger partial charge in [-0.2, -0.15) is 9.57 Å². The number of para-hydroxylation sites is 1. The first-order valence-corrected chi connectivity index (χ1v) is 11.3. The molecule has 0 spiro atoms. The van der Waals surface area contributed by atoms with E-state index in [0.717, 1.165) is 8.69 Å². The molecule has 0 bridgehead atoms. The molecule has 1 amide bonds. The summed E-state index contributed by atoms with van der Waals surface area (Å²) in [6.45, 7) is 2.08. The molecule has 0 radical (unpaired) electrons. The monoisotopic (exact) mass is 469 g/mol. The van der Waals surface area contributed by atoms with Crippen molar-refractivity contribution in [1.82, 2.24) is 4.31 Å². The molecule has 27 heavy (non-hydrogen) atoms. The number of thiophene rings is 1. The van der Waals surface area contributed by atoms with Crippen LogP contribution in [0.5, 0.6) is 0 Å². The number of sulfonamides is 1. The lowest BCUT2D eigenvalue weighted by Gasteiger charge is -2.30. The van der Waals surface area contributed by atoms with Gasteiger partial charge in [-0.15, -0.1) is 11.3 Å². The summed E-state index contributed by atoms with van der Waals surface area (Å²) >= 11 is 4.48. The van der Waals surface area contributed by atoms with Crippen molar-refractivity contribution in [3.05, 3.63) is 45.7 Å². The van der Waals surface area contributed by atoms with Crippen LogP contribution in [0.4, 0.5) is 5.69 Å². The number of nitriles is 1. The number of carbonyl (C=O) groups is 1. The van der Waals surface area contributed by atoms with Crippen molar-refractivity contribution in [2.45, 2.75) is 4.21 Å². The van der Waals surface area contributed by atoms with Gasteiger partial charge in [0.05, 0.1) is 41.2 Å². The molecule has 0 unspecified atom stereocenters. The quantitative estimate of drug-likeness (QED) is 0.680. The van der Waals surface area contributed by atoms with Crippen molar-refractivity contribution in [3.8, 4) is 6.07 Å². The maximum absolute atomic E-state index is 12.6. The molecule has 1 saturated heterocycles. The van der Waals surface area contributed by atoms with Crippen LogP contribution in [-0.2, 0) is 14.8 Å². The largest absolute Gasteiger partial charge is 0.325 e. The van der Waals surface area contributed by atoms with Crippen LogP contribution >= 0.6 is 27.3 Å². The van der Waals surface area contributed by atoms with Crippen LogP contribution in [0.3, 0.4) is 0 Å². The van der Waals surface area contributed by atoms with Crippen molar-refractivity contribution in [2.24, 2.45) is 0 Å². The van der Waals surface area contributed by atoms with E-state index in [1.54, 1.807) is 36.4 Å². The smallest absolute Gasteiger partial charge is 0.279 e. The SMILES string of the molecule is N#Cc1ccccc1NC(=O)C[NH+]1CCN(S(=O)(=O)c2ccc(Br)s2)CC1. The fourth-order valence-corrected chi connectivity index (χ4v) is 6.50. The van der Waals surface area contributed by atoms with Crippen LogP contribution in [-0.4, -0.2) is 51.4 Å². The van der Waals surface area contributed by atoms with E-state index in [1.807, 2.05) is 6.07 Å². The van der Waals surface area contributed by atoms with Gasteiger partial charge in [0.1, 0.15) is 10.3 Å². The zero-order valence-corrected chi connectivity index (χ0v) is 17.5. The molecule has 142 valence electrons. The van der Waals surface area contributed by atoms with Gasteiger partial charge in [-0.3, -0.25) is 4.79 Å². The van der Waals surface area contributed by atoms with Gasteiger partial charge in [0.15, 0.2) is 6.54 Å². The molecule has 3 rings (SSSR count). The molecule has 1 aliphatic heterocycles. The molecule has 1 fully saturated rings. The highest BCUT2D eigenvalue weighted by atomic mass is 79.9. The molecule has 1 aliphatic rings.